The van der Waals surface area contributed by atoms with Crippen LogP contribution in [0.2, 0.25) is 0 Å². The molecular weight excluding hydrogens is 304 g/mol. The minimum absolute atomic E-state index is 0.103. The van der Waals surface area contributed by atoms with Gasteiger partial charge in [-0.2, -0.15) is 0 Å². The van der Waals surface area contributed by atoms with Gasteiger partial charge < -0.3 is 20.1 Å². The Kier molecular flexibility index (Phi) is 6.00. The highest BCUT2D eigenvalue weighted by Gasteiger charge is 2.27. The average molecular weight is 324 g/mol. The minimum Gasteiger partial charge on any atom is -0.389 e. The summed E-state index contributed by atoms with van der Waals surface area (Å²) < 4.78 is 9.33. The first kappa shape index (κ1) is 17.3. The Labute approximate surface area is 133 Å². The summed E-state index contributed by atoms with van der Waals surface area (Å²) in [7, 11) is 0. The molecule has 0 aromatic carbocycles. The molecule has 2 heterocycles. The predicted octanol–water partition coefficient (Wildman–Crippen LogP) is -0.424. The first-order valence-corrected chi connectivity index (χ1v) is 7.64. The topological polar surface area (TPSA) is 111 Å². The van der Waals surface area contributed by atoms with Crippen LogP contribution in [0.4, 0.5) is 0 Å². The van der Waals surface area contributed by atoms with Gasteiger partial charge in [-0.25, -0.2) is 19.2 Å². The van der Waals surface area contributed by atoms with E-state index in [0.717, 1.165) is 18.9 Å². The number of hydrogen-bond acceptors (Lipinski definition) is 8. The molecule has 0 radical (unpaired) electrons. The van der Waals surface area contributed by atoms with Gasteiger partial charge in [0.25, 0.3) is 0 Å². The molecule has 2 fully saturated rings. The van der Waals surface area contributed by atoms with Gasteiger partial charge in [-0.05, 0) is 45.7 Å². The van der Waals surface area contributed by atoms with Gasteiger partial charge in [-0.15, -0.1) is 0 Å². The summed E-state index contributed by atoms with van der Waals surface area (Å²) in [6.45, 7) is 2.72. The van der Waals surface area contributed by atoms with E-state index in [4.69, 9.17) is 0 Å². The third-order valence-electron chi connectivity index (χ3n) is 3.74. The zero-order chi connectivity index (χ0) is 16.8. The van der Waals surface area contributed by atoms with Crippen molar-refractivity contribution in [2.45, 2.75) is 44.7 Å². The van der Waals surface area contributed by atoms with E-state index in [-0.39, 0.29) is 5.57 Å². The summed E-state index contributed by atoms with van der Waals surface area (Å²) >= 11 is 0. The highest BCUT2D eigenvalue weighted by Crippen LogP contribution is 2.09. The van der Waals surface area contributed by atoms with Crippen molar-refractivity contribution in [1.29, 1.82) is 0 Å². The molecule has 2 aliphatic heterocycles. The maximum atomic E-state index is 11.7. The van der Waals surface area contributed by atoms with Crippen molar-refractivity contribution in [3.8, 4) is 0 Å². The molecule has 23 heavy (non-hydrogen) atoms. The second-order valence-electron chi connectivity index (χ2n) is 5.57. The molecule has 0 amide bonds. The number of carbonyl (C=O) groups is 4. The first-order chi connectivity index (χ1) is 11.0. The number of carbonyl (C=O) groups excluding carboxylic acids is 4. The Balaban J connectivity index is 1.82. The maximum absolute atomic E-state index is 11.7. The molecule has 2 aliphatic rings. The van der Waals surface area contributed by atoms with E-state index < -0.39 is 36.0 Å². The standard InChI is InChI=1S/C15H20N2O6/c1-9(13(19)23-15(21)11-5-3-7-17-11)8-12(18)22-14(20)10-4-2-6-16-10/h8,10-11,16-17H,2-7H2,1H3/b9-8+/t10-,11-/m0/s1. The number of ether oxygens (including phenoxy) is 2. The lowest BCUT2D eigenvalue weighted by Crippen LogP contribution is -2.34. The van der Waals surface area contributed by atoms with Gasteiger partial charge in [0.1, 0.15) is 12.1 Å². The van der Waals surface area contributed by atoms with Crippen LogP contribution in [0.3, 0.4) is 0 Å². The molecule has 2 rings (SSSR count). The molecular formula is C15H20N2O6. The summed E-state index contributed by atoms with van der Waals surface area (Å²) in [5, 5.41) is 5.81. The van der Waals surface area contributed by atoms with Crippen molar-refractivity contribution in [2.24, 2.45) is 0 Å². The maximum Gasteiger partial charge on any atom is 0.341 e. The molecule has 8 heteroatoms. The lowest BCUT2D eigenvalue weighted by molar-refractivity contribution is -0.160. The van der Waals surface area contributed by atoms with Gasteiger partial charge in [0.05, 0.1) is 0 Å². The van der Waals surface area contributed by atoms with Crippen molar-refractivity contribution in [1.82, 2.24) is 10.6 Å². The van der Waals surface area contributed by atoms with Crippen LogP contribution in [0.5, 0.6) is 0 Å². The minimum atomic E-state index is -0.954. The zero-order valence-electron chi connectivity index (χ0n) is 12.9. The van der Waals surface area contributed by atoms with E-state index in [0.29, 0.717) is 25.9 Å². The lowest BCUT2D eigenvalue weighted by atomic mass is 10.2. The highest BCUT2D eigenvalue weighted by atomic mass is 16.6. The average Bonchev–Trinajstić information content (AvgIpc) is 3.20. The first-order valence-electron chi connectivity index (χ1n) is 7.64. The summed E-state index contributed by atoms with van der Waals surface area (Å²) in [5.41, 5.74) is -0.103. The molecule has 0 spiro atoms. The molecule has 126 valence electrons. The predicted molar refractivity (Wildman–Crippen MR) is 78.0 cm³/mol. The Hall–Kier alpha value is -2.06. The third kappa shape index (κ3) is 4.97. The van der Waals surface area contributed by atoms with Gasteiger partial charge in [-0.1, -0.05) is 0 Å². The smallest absolute Gasteiger partial charge is 0.341 e. The van der Waals surface area contributed by atoms with Crippen LogP contribution >= 0.6 is 0 Å². The Morgan fingerprint density at radius 2 is 1.43 bits per heavy atom. The molecule has 0 bridgehead atoms. The van der Waals surface area contributed by atoms with Gasteiger partial charge in [0.2, 0.25) is 0 Å². The van der Waals surface area contributed by atoms with E-state index in [1.165, 1.54) is 6.92 Å². The summed E-state index contributed by atoms with van der Waals surface area (Å²) in [4.78, 5) is 46.7. The molecule has 2 saturated heterocycles. The van der Waals surface area contributed by atoms with Crippen LogP contribution in [0.1, 0.15) is 32.6 Å². The van der Waals surface area contributed by atoms with E-state index >= 15 is 0 Å². The van der Waals surface area contributed by atoms with E-state index in [1.54, 1.807) is 0 Å². The van der Waals surface area contributed by atoms with Gasteiger partial charge in [0, 0.05) is 11.6 Å². The van der Waals surface area contributed by atoms with Crippen LogP contribution in [0.15, 0.2) is 11.6 Å². The largest absolute Gasteiger partial charge is 0.389 e. The van der Waals surface area contributed by atoms with E-state index in [2.05, 4.69) is 20.1 Å². The lowest BCUT2D eigenvalue weighted by Gasteiger charge is -2.09. The molecule has 2 atom stereocenters. The number of rotatable bonds is 4. The molecule has 8 nitrogen and oxygen atoms in total. The van der Waals surface area contributed by atoms with Crippen LogP contribution in [-0.2, 0) is 28.7 Å². The van der Waals surface area contributed by atoms with Gasteiger partial charge >= 0.3 is 23.9 Å². The third-order valence-corrected chi connectivity index (χ3v) is 3.74. The van der Waals surface area contributed by atoms with Crippen molar-refractivity contribution >= 4 is 23.9 Å². The summed E-state index contributed by atoms with van der Waals surface area (Å²) in [5.74, 6) is -3.22. The normalized spacial score (nSPS) is 24.3. The SMILES string of the molecule is C/C(=C\C(=O)OC(=O)[C@@H]1CCCN1)C(=O)OC(=O)[C@@H]1CCCN1. The molecule has 2 N–H and O–H groups in total. The van der Waals surface area contributed by atoms with Crippen molar-refractivity contribution in [3.63, 3.8) is 0 Å². The molecule has 0 unspecified atom stereocenters. The van der Waals surface area contributed by atoms with Crippen LogP contribution < -0.4 is 10.6 Å². The van der Waals surface area contributed by atoms with Crippen molar-refractivity contribution in [2.75, 3.05) is 13.1 Å². The molecule has 0 saturated carbocycles. The van der Waals surface area contributed by atoms with Crippen molar-refractivity contribution < 1.29 is 28.7 Å². The van der Waals surface area contributed by atoms with Gasteiger partial charge in [-0.3, -0.25) is 0 Å². The summed E-state index contributed by atoms with van der Waals surface area (Å²) in [6.07, 6.45) is 3.75. The molecule has 0 aromatic heterocycles. The molecule has 0 aromatic rings. The fraction of sp³-hybridized carbons (Fsp3) is 0.600. The number of esters is 4. The highest BCUT2D eigenvalue weighted by molar-refractivity contribution is 6.03. The monoisotopic (exact) mass is 324 g/mol. The second kappa shape index (κ2) is 7.98. The number of nitrogens with one attached hydrogen (secondary N) is 2. The van der Waals surface area contributed by atoms with Gasteiger partial charge in [0.15, 0.2) is 0 Å². The van der Waals surface area contributed by atoms with Crippen LogP contribution in [0, 0.1) is 0 Å². The fourth-order valence-corrected chi connectivity index (χ4v) is 2.45. The van der Waals surface area contributed by atoms with E-state index in [1.807, 2.05) is 0 Å². The Morgan fingerprint density at radius 3 is 1.91 bits per heavy atom. The fourth-order valence-electron chi connectivity index (χ4n) is 2.45. The summed E-state index contributed by atoms with van der Waals surface area (Å²) in [6, 6.07) is -0.983. The van der Waals surface area contributed by atoms with Crippen molar-refractivity contribution in [3.05, 3.63) is 11.6 Å². The zero-order valence-corrected chi connectivity index (χ0v) is 12.9. The Morgan fingerprint density at radius 1 is 0.913 bits per heavy atom. The van der Waals surface area contributed by atoms with E-state index in [9.17, 15) is 19.2 Å². The number of hydrogen-bond donors (Lipinski definition) is 2. The Bertz CT molecular complexity index is 530. The second-order valence-corrected chi connectivity index (χ2v) is 5.57. The van der Waals surface area contributed by atoms with Crippen LogP contribution in [-0.4, -0.2) is 49.1 Å². The quantitative estimate of drug-likeness (QED) is 0.407. The van der Waals surface area contributed by atoms with Crippen LogP contribution in [0.25, 0.3) is 0 Å². The molecule has 0 aliphatic carbocycles.